The lowest BCUT2D eigenvalue weighted by Crippen LogP contribution is -1.90. The molecule has 88 valence electrons. The first-order chi connectivity index (χ1) is 8.20. The van der Waals surface area contributed by atoms with E-state index in [0.29, 0.717) is 0 Å². The Hall–Kier alpha value is -0.590. The van der Waals surface area contributed by atoms with E-state index in [1.165, 1.54) is 0 Å². The van der Waals surface area contributed by atoms with Crippen molar-refractivity contribution in [1.29, 1.82) is 0 Å². The molecule has 0 fully saturated rings. The van der Waals surface area contributed by atoms with E-state index in [9.17, 15) is 0 Å². The van der Waals surface area contributed by atoms with Gasteiger partial charge in [-0.3, -0.25) is 0 Å². The highest BCUT2D eigenvalue weighted by Crippen LogP contribution is 2.32. The zero-order chi connectivity index (χ0) is 12.3. The number of hydrogen-bond acceptors (Lipinski definition) is 2. The van der Waals surface area contributed by atoms with Crippen molar-refractivity contribution in [3.63, 3.8) is 0 Å². The second kappa shape index (κ2) is 5.84. The van der Waals surface area contributed by atoms with Crippen LogP contribution in [-0.2, 0) is 6.61 Å². The molecule has 1 N–H and O–H groups in total. The molecule has 0 aromatic heterocycles. The molecule has 0 aliphatic rings. The van der Waals surface area contributed by atoms with Crippen molar-refractivity contribution >= 4 is 38.5 Å². The van der Waals surface area contributed by atoms with E-state index in [1.807, 2.05) is 42.5 Å². The average Bonchev–Trinajstić information content (AvgIpc) is 2.34. The molecule has 0 unspecified atom stereocenters. The topological polar surface area (TPSA) is 29.5 Å². The minimum atomic E-state index is 0.0295. The third-order valence-corrected chi connectivity index (χ3v) is 3.75. The molecule has 17 heavy (non-hydrogen) atoms. The number of rotatable bonds is 3. The Morgan fingerprint density at radius 2 is 1.88 bits per heavy atom. The quantitative estimate of drug-likeness (QED) is 0.771. The Bertz CT molecular complexity index is 529. The van der Waals surface area contributed by atoms with Gasteiger partial charge in [-0.25, -0.2) is 0 Å². The summed E-state index contributed by atoms with van der Waals surface area (Å²) >= 11 is 5.66. The van der Waals surface area contributed by atoms with Crippen LogP contribution in [0.15, 0.2) is 46.9 Å². The van der Waals surface area contributed by atoms with Crippen molar-refractivity contribution in [2.24, 2.45) is 0 Å². The van der Waals surface area contributed by atoms with Crippen molar-refractivity contribution in [2.45, 2.75) is 6.61 Å². The van der Waals surface area contributed by atoms with Gasteiger partial charge in [0, 0.05) is 0 Å². The number of halogens is 2. The van der Waals surface area contributed by atoms with Crippen molar-refractivity contribution in [3.8, 4) is 11.5 Å². The van der Waals surface area contributed by atoms with E-state index in [1.54, 1.807) is 0 Å². The Morgan fingerprint density at radius 1 is 1.12 bits per heavy atom. The van der Waals surface area contributed by atoms with Crippen LogP contribution in [0.2, 0.25) is 0 Å². The van der Waals surface area contributed by atoms with Gasteiger partial charge >= 0.3 is 0 Å². The fourth-order valence-electron chi connectivity index (χ4n) is 1.37. The molecule has 0 aliphatic heterocycles. The van der Waals surface area contributed by atoms with Gasteiger partial charge in [0.15, 0.2) is 0 Å². The summed E-state index contributed by atoms with van der Waals surface area (Å²) in [4.78, 5) is 0. The molecule has 0 radical (unpaired) electrons. The van der Waals surface area contributed by atoms with Crippen LogP contribution in [0.1, 0.15) is 5.56 Å². The van der Waals surface area contributed by atoms with E-state index < -0.39 is 0 Å². The average molecular weight is 405 g/mol. The van der Waals surface area contributed by atoms with Crippen molar-refractivity contribution < 1.29 is 9.84 Å². The monoisotopic (exact) mass is 404 g/mol. The summed E-state index contributed by atoms with van der Waals surface area (Å²) in [6, 6.07) is 13.4. The van der Waals surface area contributed by atoms with Crippen molar-refractivity contribution in [2.75, 3.05) is 0 Å². The first-order valence-corrected chi connectivity index (χ1v) is 6.89. The first kappa shape index (κ1) is 12.9. The summed E-state index contributed by atoms with van der Waals surface area (Å²) in [6.07, 6.45) is 0. The van der Waals surface area contributed by atoms with Gasteiger partial charge < -0.3 is 9.84 Å². The van der Waals surface area contributed by atoms with Gasteiger partial charge in [0.25, 0.3) is 0 Å². The second-order valence-electron chi connectivity index (χ2n) is 3.46. The third kappa shape index (κ3) is 3.20. The number of para-hydroxylation sites is 1. The van der Waals surface area contributed by atoms with Gasteiger partial charge in [-0.2, -0.15) is 0 Å². The van der Waals surface area contributed by atoms with E-state index in [2.05, 4.69) is 38.5 Å². The molecule has 4 heteroatoms. The van der Waals surface area contributed by atoms with Crippen LogP contribution in [0.4, 0.5) is 0 Å². The Labute approximate surface area is 122 Å². The van der Waals surface area contributed by atoms with Gasteiger partial charge in [-0.1, -0.05) is 18.2 Å². The molecule has 2 rings (SSSR count). The highest BCUT2D eigenvalue weighted by atomic mass is 127. The highest BCUT2D eigenvalue weighted by molar-refractivity contribution is 14.1. The molecule has 0 heterocycles. The normalized spacial score (nSPS) is 10.3. The molecule has 0 saturated carbocycles. The van der Waals surface area contributed by atoms with Gasteiger partial charge in [-0.15, -0.1) is 0 Å². The van der Waals surface area contributed by atoms with Crippen LogP contribution in [0.3, 0.4) is 0 Å². The lowest BCUT2D eigenvalue weighted by Gasteiger charge is -2.10. The molecule has 0 atom stereocenters. The predicted molar refractivity (Wildman–Crippen MR) is 79.3 cm³/mol. The van der Waals surface area contributed by atoms with Crippen LogP contribution in [0, 0.1) is 3.57 Å². The number of benzene rings is 2. The third-order valence-electron chi connectivity index (χ3n) is 2.24. The van der Waals surface area contributed by atoms with Crippen LogP contribution in [-0.4, -0.2) is 5.11 Å². The van der Waals surface area contributed by atoms with Crippen LogP contribution >= 0.6 is 38.5 Å². The minimum absolute atomic E-state index is 0.0295. The highest BCUT2D eigenvalue weighted by Gasteiger charge is 2.06. The molecule has 0 aliphatic carbocycles. The summed E-state index contributed by atoms with van der Waals surface area (Å²) in [5.74, 6) is 1.57. The fraction of sp³-hybridized carbons (Fsp3) is 0.0769. The zero-order valence-electron chi connectivity index (χ0n) is 8.86. The summed E-state index contributed by atoms with van der Waals surface area (Å²) in [6.45, 7) is 0.0295. The maximum Gasteiger partial charge on any atom is 0.141 e. The number of ether oxygens (including phenoxy) is 1. The maximum atomic E-state index is 9.02. The Morgan fingerprint density at radius 3 is 2.53 bits per heavy atom. The molecular formula is C13H10BrIO2. The summed E-state index contributed by atoms with van der Waals surface area (Å²) in [5.41, 5.74) is 0.854. The molecular weight excluding hydrogens is 395 g/mol. The zero-order valence-corrected chi connectivity index (χ0v) is 12.6. The minimum Gasteiger partial charge on any atom is -0.455 e. The molecule has 0 bridgehead atoms. The molecule has 2 nitrogen and oxygen atoms in total. The Balaban J connectivity index is 2.28. The van der Waals surface area contributed by atoms with E-state index >= 15 is 0 Å². The fourth-order valence-corrected chi connectivity index (χ4v) is 2.38. The van der Waals surface area contributed by atoms with Crippen molar-refractivity contribution in [1.82, 2.24) is 0 Å². The molecule has 0 spiro atoms. The maximum absolute atomic E-state index is 9.02. The second-order valence-corrected chi connectivity index (χ2v) is 5.47. The van der Waals surface area contributed by atoms with Gasteiger partial charge in [-0.05, 0) is 68.3 Å². The van der Waals surface area contributed by atoms with Gasteiger partial charge in [0.05, 0.1) is 14.6 Å². The van der Waals surface area contributed by atoms with Crippen LogP contribution in [0.25, 0.3) is 0 Å². The molecule has 0 amide bonds. The van der Waals surface area contributed by atoms with Crippen LogP contribution < -0.4 is 4.74 Å². The van der Waals surface area contributed by atoms with E-state index in [4.69, 9.17) is 9.84 Å². The number of aliphatic hydroxyl groups excluding tert-OH is 1. The standard InChI is InChI=1S/C13H10BrIO2/c14-10-7-9(8-16)5-6-12(10)17-13-4-2-1-3-11(13)15/h1-7,16H,8H2. The van der Waals surface area contributed by atoms with Gasteiger partial charge in [0.1, 0.15) is 11.5 Å². The van der Waals surface area contributed by atoms with Gasteiger partial charge in [0.2, 0.25) is 0 Å². The van der Waals surface area contributed by atoms with E-state index in [-0.39, 0.29) is 6.61 Å². The summed E-state index contributed by atoms with van der Waals surface area (Å²) in [5, 5.41) is 9.02. The van der Waals surface area contributed by atoms with Crippen molar-refractivity contribution in [3.05, 3.63) is 56.1 Å². The largest absolute Gasteiger partial charge is 0.455 e. The summed E-state index contributed by atoms with van der Waals surface area (Å²) < 4.78 is 7.70. The number of hydrogen-bond donors (Lipinski definition) is 1. The van der Waals surface area contributed by atoms with E-state index in [0.717, 1.165) is 25.1 Å². The molecule has 2 aromatic rings. The SMILES string of the molecule is OCc1ccc(Oc2ccccc2I)c(Br)c1. The lowest BCUT2D eigenvalue weighted by molar-refractivity contribution is 0.281. The molecule has 2 aromatic carbocycles. The predicted octanol–water partition coefficient (Wildman–Crippen LogP) is 4.34. The summed E-state index contributed by atoms with van der Waals surface area (Å²) in [7, 11) is 0. The molecule has 0 saturated heterocycles. The first-order valence-electron chi connectivity index (χ1n) is 5.02. The number of aliphatic hydroxyl groups is 1. The van der Waals surface area contributed by atoms with Crippen LogP contribution in [0.5, 0.6) is 11.5 Å². The smallest absolute Gasteiger partial charge is 0.141 e. The Kier molecular flexibility index (Phi) is 4.42. The lowest BCUT2D eigenvalue weighted by atomic mass is 10.2.